The number of fused-ring (bicyclic) bond motifs is 4. The van der Waals surface area contributed by atoms with E-state index in [-0.39, 0.29) is 42.8 Å². The van der Waals surface area contributed by atoms with E-state index in [0.29, 0.717) is 91.6 Å². The van der Waals surface area contributed by atoms with Gasteiger partial charge in [-0.05, 0) is 87.7 Å². The van der Waals surface area contributed by atoms with Gasteiger partial charge in [-0.2, -0.15) is 36.3 Å². The molecule has 4 aliphatic heterocycles. The number of rotatable bonds is 8. The van der Waals surface area contributed by atoms with Crippen LogP contribution in [0.4, 0.5) is 40.9 Å². The third-order valence-electron chi connectivity index (χ3n) is 12.4. The molecule has 55 heavy (non-hydrogen) atoms. The first-order chi connectivity index (χ1) is 26.0. The molecule has 0 bridgehead atoms. The molecule has 4 aromatic rings. The van der Waals surface area contributed by atoms with Crippen LogP contribution >= 0.6 is 0 Å². The molecule has 0 aliphatic carbocycles. The minimum atomic E-state index is -5.66. The monoisotopic (exact) mass is 778 g/mol. The number of aryl methyl sites for hydroxylation is 2. The maximum atomic E-state index is 17.2. The van der Waals surface area contributed by atoms with Crippen LogP contribution in [-0.4, -0.2) is 94.3 Å². The fourth-order valence-corrected chi connectivity index (χ4v) is 9.10. The Hall–Kier alpha value is -3.89. The molecule has 0 amide bonds. The fraction of sp³-hybridized carbons (Fsp3) is 0.564. The van der Waals surface area contributed by atoms with Crippen LogP contribution < -0.4 is 15.0 Å². The van der Waals surface area contributed by atoms with E-state index in [1.807, 2.05) is 11.0 Å². The van der Waals surface area contributed by atoms with Crippen LogP contribution in [0, 0.1) is 18.6 Å². The van der Waals surface area contributed by atoms with Crippen LogP contribution in [0.5, 0.6) is 6.01 Å². The SMILES string of the molecule is CC[C@@H]1CN2c3nc(OC[C@@]45CCCN4[C@H](COC(C)(C(F)(F)F)C(F)(F)F)CC5)nc4c(F)c(-c5cccc6ccc(F)c(C)c56)nc(c34)CC[C@@H]2CN1. The Balaban J connectivity index is 1.17. The number of hydrogen-bond donors (Lipinski definition) is 1. The lowest BCUT2D eigenvalue weighted by Crippen LogP contribution is -2.58. The zero-order valence-corrected chi connectivity index (χ0v) is 30.7. The van der Waals surface area contributed by atoms with E-state index >= 15 is 4.39 Å². The summed E-state index contributed by atoms with van der Waals surface area (Å²) in [6.45, 7) is 4.68. The van der Waals surface area contributed by atoms with E-state index in [1.165, 1.54) is 6.07 Å². The Morgan fingerprint density at radius 2 is 1.75 bits per heavy atom. The highest BCUT2D eigenvalue weighted by atomic mass is 19.4. The predicted molar refractivity (Wildman–Crippen MR) is 190 cm³/mol. The first kappa shape index (κ1) is 38.0. The van der Waals surface area contributed by atoms with E-state index in [9.17, 15) is 30.7 Å². The molecule has 2 aromatic carbocycles. The number of benzene rings is 2. The third kappa shape index (κ3) is 6.26. The van der Waals surface area contributed by atoms with Crippen LogP contribution in [0.1, 0.15) is 63.6 Å². The van der Waals surface area contributed by atoms with E-state index in [1.54, 1.807) is 25.1 Å². The van der Waals surface area contributed by atoms with Gasteiger partial charge in [0, 0.05) is 36.8 Å². The van der Waals surface area contributed by atoms with Gasteiger partial charge in [-0.25, -0.2) is 13.8 Å². The van der Waals surface area contributed by atoms with E-state index in [0.717, 1.165) is 11.8 Å². The fourth-order valence-electron chi connectivity index (χ4n) is 9.10. The normalized spacial score (nSPS) is 24.7. The predicted octanol–water partition coefficient (Wildman–Crippen LogP) is 8.21. The molecule has 0 spiro atoms. The summed E-state index contributed by atoms with van der Waals surface area (Å²) in [5.74, 6) is -0.641. The number of ether oxygens (including phenoxy) is 2. The lowest BCUT2D eigenvalue weighted by Gasteiger charge is -2.40. The van der Waals surface area contributed by atoms with Crippen LogP contribution in [0.2, 0.25) is 0 Å². The molecule has 4 atom stereocenters. The van der Waals surface area contributed by atoms with Gasteiger partial charge in [0.25, 0.3) is 5.60 Å². The zero-order chi connectivity index (χ0) is 39.1. The molecular formula is C39H42F8N6O2. The lowest BCUT2D eigenvalue weighted by atomic mass is 9.95. The van der Waals surface area contributed by atoms with Crippen molar-refractivity contribution < 1.29 is 44.6 Å². The molecule has 0 unspecified atom stereocenters. The number of anilines is 1. The Kier molecular flexibility index (Phi) is 9.43. The van der Waals surface area contributed by atoms with Crippen molar-refractivity contribution in [3.05, 3.63) is 53.2 Å². The average molecular weight is 779 g/mol. The minimum Gasteiger partial charge on any atom is -0.461 e. The maximum absolute atomic E-state index is 17.2. The molecular weight excluding hydrogens is 736 g/mol. The van der Waals surface area contributed by atoms with Gasteiger partial charge < -0.3 is 19.7 Å². The van der Waals surface area contributed by atoms with Gasteiger partial charge in [0.2, 0.25) is 0 Å². The summed E-state index contributed by atoms with van der Waals surface area (Å²) < 4.78 is 125. The summed E-state index contributed by atoms with van der Waals surface area (Å²) in [5.41, 5.74) is -3.57. The molecule has 3 fully saturated rings. The Morgan fingerprint density at radius 3 is 2.49 bits per heavy atom. The number of pyridine rings is 1. The highest BCUT2D eigenvalue weighted by Gasteiger charge is 2.69. The summed E-state index contributed by atoms with van der Waals surface area (Å²) in [6, 6.07) is 7.71. The molecule has 3 saturated heterocycles. The molecule has 6 heterocycles. The van der Waals surface area contributed by atoms with Crippen molar-refractivity contribution >= 4 is 27.5 Å². The Morgan fingerprint density at radius 1 is 0.964 bits per heavy atom. The number of halogens is 8. The third-order valence-corrected chi connectivity index (χ3v) is 12.4. The van der Waals surface area contributed by atoms with Crippen LogP contribution in [0.15, 0.2) is 30.3 Å². The summed E-state index contributed by atoms with van der Waals surface area (Å²) >= 11 is 0. The number of piperazine rings is 1. The Labute approximate surface area is 312 Å². The number of nitrogens with zero attached hydrogens (tertiary/aromatic N) is 5. The molecule has 8 nitrogen and oxygen atoms in total. The second-order valence-electron chi connectivity index (χ2n) is 15.6. The van der Waals surface area contributed by atoms with Crippen molar-refractivity contribution in [2.45, 2.75) is 107 Å². The van der Waals surface area contributed by atoms with Crippen molar-refractivity contribution in [3.8, 4) is 17.3 Å². The van der Waals surface area contributed by atoms with E-state index in [2.05, 4.69) is 22.1 Å². The second kappa shape index (κ2) is 13.6. The molecule has 4 aliphatic rings. The maximum Gasteiger partial charge on any atom is 0.426 e. The quantitative estimate of drug-likeness (QED) is 0.180. The van der Waals surface area contributed by atoms with E-state index in [4.69, 9.17) is 19.4 Å². The van der Waals surface area contributed by atoms with Gasteiger partial charge in [-0.3, -0.25) is 4.90 Å². The van der Waals surface area contributed by atoms with Crippen LogP contribution in [0.3, 0.4) is 0 Å². The number of alkyl halides is 6. The molecule has 8 rings (SSSR count). The summed E-state index contributed by atoms with van der Waals surface area (Å²) in [4.78, 5) is 18.5. The van der Waals surface area contributed by atoms with Gasteiger partial charge in [0.1, 0.15) is 29.5 Å². The summed E-state index contributed by atoms with van der Waals surface area (Å²) in [6.07, 6.45) is -7.26. The second-order valence-corrected chi connectivity index (χ2v) is 15.6. The molecule has 296 valence electrons. The van der Waals surface area contributed by atoms with Crippen molar-refractivity contribution in [1.82, 2.24) is 25.2 Å². The van der Waals surface area contributed by atoms with Gasteiger partial charge >= 0.3 is 18.4 Å². The standard InChI is InChI=1S/C39H42F8N6O2/c1-4-23-18-52-24(17-48-23)10-12-28-30-33(31(41)32(49-28)26-8-5-7-22-9-11-27(40)21(2)29(22)26)50-35(51-34(30)52)54-20-37-14-6-16-53(37)25(13-15-37)19-55-36(3,38(42,43)44)39(45,46)47/h5,7-9,11,23-25,48H,4,6,10,12-20H2,1-3H3/t23-,24-,25+,37+/m1/s1. The molecule has 0 saturated carbocycles. The summed E-state index contributed by atoms with van der Waals surface area (Å²) in [5, 5.41) is 5.34. The van der Waals surface area contributed by atoms with Gasteiger partial charge in [-0.15, -0.1) is 0 Å². The van der Waals surface area contributed by atoms with Crippen LogP contribution in [-0.2, 0) is 11.2 Å². The largest absolute Gasteiger partial charge is 0.461 e. The van der Waals surface area contributed by atoms with Gasteiger partial charge in [0.05, 0.1) is 23.2 Å². The highest BCUT2D eigenvalue weighted by Crippen LogP contribution is 2.48. The van der Waals surface area contributed by atoms with Gasteiger partial charge in [-0.1, -0.05) is 31.2 Å². The zero-order valence-electron chi connectivity index (χ0n) is 30.7. The Bertz CT molecular complexity index is 2110. The molecule has 0 radical (unpaired) electrons. The van der Waals surface area contributed by atoms with Crippen molar-refractivity contribution in [1.29, 1.82) is 0 Å². The molecule has 16 heteroatoms. The minimum absolute atomic E-state index is 0.00959. The molecule has 2 aromatic heterocycles. The first-order valence-electron chi connectivity index (χ1n) is 18.8. The first-order valence-corrected chi connectivity index (χ1v) is 18.8. The van der Waals surface area contributed by atoms with Crippen molar-refractivity contribution in [2.24, 2.45) is 0 Å². The number of nitrogens with one attached hydrogen (secondary N) is 1. The lowest BCUT2D eigenvalue weighted by molar-refractivity contribution is -0.375. The smallest absolute Gasteiger partial charge is 0.426 e. The average Bonchev–Trinajstić information content (AvgIpc) is 3.67. The van der Waals surface area contributed by atoms with Crippen LogP contribution in [0.25, 0.3) is 32.9 Å². The van der Waals surface area contributed by atoms with Crippen molar-refractivity contribution in [2.75, 3.05) is 37.7 Å². The van der Waals surface area contributed by atoms with E-state index < -0.39 is 47.8 Å². The van der Waals surface area contributed by atoms with Gasteiger partial charge in [0.15, 0.2) is 5.82 Å². The highest BCUT2D eigenvalue weighted by molar-refractivity contribution is 6.01. The topological polar surface area (TPSA) is 75.6 Å². The van der Waals surface area contributed by atoms with Crippen molar-refractivity contribution in [3.63, 3.8) is 0 Å². The number of hydrogen-bond acceptors (Lipinski definition) is 8. The molecule has 1 N–H and O–H groups in total. The summed E-state index contributed by atoms with van der Waals surface area (Å²) in [7, 11) is 0. The number of aromatic nitrogens is 3.